The average Bonchev–Trinajstić information content (AvgIpc) is 3.21. The number of ketones is 1. The lowest BCUT2D eigenvalue weighted by Gasteiger charge is -2.03. The topological polar surface area (TPSA) is 109 Å². The highest BCUT2D eigenvalue weighted by molar-refractivity contribution is 6.16. The first-order chi connectivity index (χ1) is 15.5. The molecule has 7 heteroatoms. The molecule has 7 nitrogen and oxygen atoms in total. The molecule has 4 aromatic rings. The molecule has 1 heterocycles. The summed E-state index contributed by atoms with van der Waals surface area (Å²) >= 11 is 0. The van der Waals surface area contributed by atoms with Crippen molar-refractivity contribution >= 4 is 28.4 Å². The maximum Gasteiger partial charge on any atom is 0.270 e. The van der Waals surface area contributed by atoms with Crippen molar-refractivity contribution < 1.29 is 14.5 Å². The number of nitriles is 1. The number of rotatable bonds is 6. The van der Waals surface area contributed by atoms with Gasteiger partial charge in [0.2, 0.25) is 5.78 Å². The van der Waals surface area contributed by atoms with E-state index in [0.29, 0.717) is 11.3 Å². The Bertz CT molecular complexity index is 1410. The van der Waals surface area contributed by atoms with Crippen LogP contribution in [0.2, 0.25) is 0 Å². The van der Waals surface area contributed by atoms with E-state index in [0.717, 1.165) is 22.2 Å². The predicted octanol–water partition coefficient (Wildman–Crippen LogP) is 5.54. The molecule has 0 saturated heterocycles. The van der Waals surface area contributed by atoms with Crippen LogP contribution in [-0.4, -0.2) is 22.8 Å². The van der Waals surface area contributed by atoms with Gasteiger partial charge in [-0.3, -0.25) is 14.9 Å². The Morgan fingerprint density at radius 2 is 1.84 bits per heavy atom. The van der Waals surface area contributed by atoms with Gasteiger partial charge in [-0.25, -0.2) is 0 Å². The van der Waals surface area contributed by atoms with Crippen LogP contribution in [-0.2, 0) is 0 Å². The molecule has 0 radical (unpaired) electrons. The molecular weight excluding hydrogens is 406 g/mol. The number of carbonyl (C=O) groups excluding carboxylic acids is 1. The van der Waals surface area contributed by atoms with Crippen molar-refractivity contribution in [3.05, 3.63) is 99.6 Å². The molecule has 4 rings (SSSR count). The number of ether oxygens (including phenoxy) is 1. The van der Waals surface area contributed by atoms with Crippen molar-refractivity contribution in [1.82, 2.24) is 4.98 Å². The Morgan fingerprint density at radius 3 is 2.53 bits per heavy atom. The third kappa shape index (κ3) is 3.73. The Morgan fingerprint density at radius 1 is 1.09 bits per heavy atom. The van der Waals surface area contributed by atoms with Crippen molar-refractivity contribution in [2.45, 2.75) is 0 Å². The quantitative estimate of drug-likeness (QED) is 0.144. The fraction of sp³-hybridized carbons (Fsp3) is 0.0400. The smallest absolute Gasteiger partial charge is 0.270 e. The summed E-state index contributed by atoms with van der Waals surface area (Å²) in [7, 11) is 1.57. The monoisotopic (exact) mass is 423 g/mol. The van der Waals surface area contributed by atoms with E-state index in [1.165, 1.54) is 30.3 Å². The Hall–Kier alpha value is -4.70. The molecule has 0 spiro atoms. The number of methoxy groups -OCH3 is 1. The molecule has 0 bridgehead atoms. The van der Waals surface area contributed by atoms with E-state index in [-0.39, 0.29) is 16.8 Å². The number of nitrogens with zero attached hydrogens (tertiary/aromatic N) is 2. The van der Waals surface area contributed by atoms with E-state index in [2.05, 4.69) is 4.98 Å². The Balaban J connectivity index is 1.91. The normalized spacial score (nSPS) is 11.2. The zero-order valence-corrected chi connectivity index (χ0v) is 17.0. The molecule has 0 saturated carbocycles. The highest BCUT2D eigenvalue weighted by Crippen LogP contribution is 2.36. The standard InChI is InChI=1S/C25H17N3O4/c1-32-22-12-6-11-20-21(23(27-24(20)22)16-7-3-2-4-8-16)14-18(15-26)25(29)17-9-5-10-19(13-17)28(30)31/h2-14,27H,1H3/b18-14+. The van der Waals surface area contributed by atoms with E-state index < -0.39 is 10.7 Å². The summed E-state index contributed by atoms with van der Waals surface area (Å²) in [5.41, 5.74) is 2.72. The van der Waals surface area contributed by atoms with Crippen LogP contribution in [0.3, 0.4) is 0 Å². The molecule has 0 atom stereocenters. The molecule has 0 fully saturated rings. The fourth-order valence-corrected chi connectivity index (χ4v) is 3.57. The summed E-state index contributed by atoms with van der Waals surface area (Å²) < 4.78 is 5.47. The lowest BCUT2D eigenvalue weighted by Crippen LogP contribution is -2.03. The molecule has 156 valence electrons. The number of nitrogens with one attached hydrogen (secondary N) is 1. The molecule has 0 amide bonds. The van der Waals surface area contributed by atoms with Crippen molar-refractivity contribution in [3.63, 3.8) is 0 Å². The van der Waals surface area contributed by atoms with Crippen LogP contribution >= 0.6 is 0 Å². The third-order valence-corrected chi connectivity index (χ3v) is 5.09. The van der Waals surface area contributed by atoms with Gasteiger partial charge >= 0.3 is 0 Å². The molecule has 1 N–H and O–H groups in total. The van der Waals surface area contributed by atoms with Gasteiger partial charge in [-0.05, 0) is 17.7 Å². The number of para-hydroxylation sites is 1. The first kappa shape index (κ1) is 20.6. The van der Waals surface area contributed by atoms with Crippen LogP contribution in [0.15, 0.2) is 78.4 Å². The minimum absolute atomic E-state index is 0.0747. The minimum atomic E-state index is -0.590. The number of aromatic amines is 1. The number of nitro benzene ring substituents is 1. The van der Waals surface area contributed by atoms with Crippen molar-refractivity contribution in [1.29, 1.82) is 5.26 Å². The van der Waals surface area contributed by atoms with E-state index in [1.807, 2.05) is 54.6 Å². The van der Waals surface area contributed by atoms with E-state index in [1.54, 1.807) is 7.11 Å². The maximum atomic E-state index is 13.0. The Labute approximate surface area is 183 Å². The van der Waals surface area contributed by atoms with Gasteiger partial charge in [0.1, 0.15) is 17.4 Å². The van der Waals surface area contributed by atoms with Crippen molar-refractivity contribution in [2.24, 2.45) is 0 Å². The molecule has 32 heavy (non-hydrogen) atoms. The summed E-state index contributed by atoms with van der Waals surface area (Å²) in [6.45, 7) is 0. The van der Waals surface area contributed by atoms with Gasteiger partial charge in [-0.1, -0.05) is 54.6 Å². The SMILES string of the molecule is COc1cccc2c(/C=C(\C#N)C(=O)c3cccc([N+](=O)[O-])c3)c(-c3ccccc3)[nH]c12. The summed E-state index contributed by atoms with van der Waals surface area (Å²) in [5, 5.41) is 21.6. The number of nitro groups is 1. The highest BCUT2D eigenvalue weighted by Gasteiger charge is 2.19. The van der Waals surface area contributed by atoms with Gasteiger partial charge in [-0.2, -0.15) is 5.26 Å². The summed E-state index contributed by atoms with van der Waals surface area (Å²) in [6, 6.07) is 22.4. The molecule has 3 aromatic carbocycles. The number of non-ortho nitro benzene ring substituents is 1. The first-order valence-electron chi connectivity index (χ1n) is 9.68. The van der Waals surface area contributed by atoms with Gasteiger partial charge in [0.15, 0.2) is 0 Å². The van der Waals surface area contributed by atoms with E-state index in [4.69, 9.17) is 4.74 Å². The average molecular weight is 423 g/mol. The van der Waals surface area contributed by atoms with Crippen molar-refractivity contribution in [2.75, 3.05) is 7.11 Å². The second-order valence-corrected chi connectivity index (χ2v) is 6.97. The second kappa shape index (κ2) is 8.58. The second-order valence-electron chi connectivity index (χ2n) is 6.97. The van der Waals surface area contributed by atoms with Crippen LogP contribution in [0.1, 0.15) is 15.9 Å². The van der Waals surface area contributed by atoms with Gasteiger partial charge in [-0.15, -0.1) is 0 Å². The molecule has 0 aliphatic carbocycles. The lowest BCUT2D eigenvalue weighted by atomic mass is 9.98. The molecule has 1 aromatic heterocycles. The van der Waals surface area contributed by atoms with Gasteiger partial charge in [0, 0.05) is 28.6 Å². The molecule has 0 aliphatic heterocycles. The Kier molecular flexibility index (Phi) is 5.51. The number of carbonyl (C=O) groups is 1. The highest BCUT2D eigenvalue weighted by atomic mass is 16.6. The largest absolute Gasteiger partial charge is 0.495 e. The number of Topliss-reactive ketones (excluding diaryl/α,β-unsaturated/α-hetero) is 1. The van der Waals surface area contributed by atoms with E-state index >= 15 is 0 Å². The van der Waals surface area contributed by atoms with Gasteiger partial charge in [0.05, 0.1) is 23.2 Å². The number of benzene rings is 3. The molecule has 0 aliphatic rings. The zero-order valence-electron chi connectivity index (χ0n) is 17.0. The van der Waals surface area contributed by atoms with Gasteiger partial charge in [0.25, 0.3) is 5.69 Å². The van der Waals surface area contributed by atoms with Crippen molar-refractivity contribution in [3.8, 4) is 23.1 Å². The fourth-order valence-electron chi connectivity index (χ4n) is 3.57. The zero-order chi connectivity index (χ0) is 22.7. The van der Waals surface area contributed by atoms with Gasteiger partial charge < -0.3 is 9.72 Å². The number of aromatic nitrogens is 1. The summed E-state index contributed by atoms with van der Waals surface area (Å²) in [6.07, 6.45) is 1.52. The maximum absolute atomic E-state index is 13.0. The molecule has 0 unspecified atom stereocenters. The predicted molar refractivity (Wildman–Crippen MR) is 121 cm³/mol. The van der Waals surface area contributed by atoms with Crippen LogP contribution in [0, 0.1) is 21.4 Å². The lowest BCUT2D eigenvalue weighted by molar-refractivity contribution is -0.384. The number of H-pyrrole nitrogens is 1. The molecular formula is C25H17N3O4. The summed E-state index contributed by atoms with van der Waals surface area (Å²) in [4.78, 5) is 26.9. The number of hydrogen-bond acceptors (Lipinski definition) is 5. The number of allylic oxidation sites excluding steroid dienone is 1. The van der Waals surface area contributed by atoms with Crippen LogP contribution in [0.25, 0.3) is 28.2 Å². The van der Waals surface area contributed by atoms with Crippen LogP contribution < -0.4 is 4.74 Å². The summed E-state index contributed by atoms with van der Waals surface area (Å²) in [5.74, 6) is 0.0373. The third-order valence-electron chi connectivity index (χ3n) is 5.09. The first-order valence-corrected chi connectivity index (χ1v) is 9.68. The number of fused-ring (bicyclic) bond motifs is 1. The minimum Gasteiger partial charge on any atom is -0.495 e. The number of hydrogen-bond donors (Lipinski definition) is 1. The van der Waals surface area contributed by atoms with Crippen LogP contribution in [0.4, 0.5) is 5.69 Å². The van der Waals surface area contributed by atoms with E-state index in [9.17, 15) is 20.2 Å². The van der Waals surface area contributed by atoms with Crippen LogP contribution in [0.5, 0.6) is 5.75 Å².